The van der Waals surface area contributed by atoms with Gasteiger partial charge in [0.2, 0.25) is 0 Å². The molecule has 0 aliphatic carbocycles. The Bertz CT molecular complexity index is 981. The summed E-state index contributed by atoms with van der Waals surface area (Å²) in [5.74, 6) is -0.421. The van der Waals surface area contributed by atoms with Gasteiger partial charge in [0.25, 0.3) is 5.91 Å². The van der Waals surface area contributed by atoms with E-state index in [1.807, 2.05) is 61.7 Å². The van der Waals surface area contributed by atoms with Crippen molar-refractivity contribution in [2.45, 2.75) is 30.9 Å². The van der Waals surface area contributed by atoms with Crippen molar-refractivity contribution >= 4 is 23.9 Å². The van der Waals surface area contributed by atoms with Gasteiger partial charge < -0.3 is 4.57 Å². The van der Waals surface area contributed by atoms with Crippen molar-refractivity contribution in [3.8, 4) is 5.69 Å². The van der Waals surface area contributed by atoms with E-state index in [0.29, 0.717) is 0 Å². The van der Waals surface area contributed by atoms with Gasteiger partial charge in [-0.1, -0.05) is 18.2 Å². The molecule has 0 fully saturated rings. The molecule has 144 valence electrons. The average molecular weight is 396 g/mol. The van der Waals surface area contributed by atoms with Crippen LogP contribution in [0.25, 0.3) is 5.69 Å². The van der Waals surface area contributed by atoms with Gasteiger partial charge in [-0.3, -0.25) is 4.79 Å². The van der Waals surface area contributed by atoms with Gasteiger partial charge in [0.1, 0.15) is 5.82 Å². The van der Waals surface area contributed by atoms with E-state index in [0.717, 1.165) is 27.5 Å². The number of benzene rings is 2. The number of hydrogen-bond donors (Lipinski definition) is 1. The zero-order valence-electron chi connectivity index (χ0n) is 16.0. The van der Waals surface area contributed by atoms with Gasteiger partial charge in [-0.05, 0) is 63.2 Å². The third kappa shape index (κ3) is 4.70. The predicted molar refractivity (Wildman–Crippen MR) is 113 cm³/mol. The van der Waals surface area contributed by atoms with Crippen molar-refractivity contribution in [3.05, 3.63) is 83.4 Å². The van der Waals surface area contributed by atoms with Crippen LogP contribution in [0.3, 0.4) is 0 Å². The Kier molecular flexibility index (Phi) is 6.31. The van der Waals surface area contributed by atoms with Crippen LogP contribution in [0.4, 0.5) is 4.39 Å². The maximum absolute atomic E-state index is 13.2. The smallest absolute Gasteiger partial charge is 0.253 e. The van der Waals surface area contributed by atoms with Crippen LogP contribution in [0.15, 0.2) is 70.7 Å². The minimum atomic E-state index is -0.266. The molecule has 0 unspecified atom stereocenters. The van der Waals surface area contributed by atoms with Gasteiger partial charge in [0.05, 0.1) is 11.5 Å². The number of halogens is 1. The second kappa shape index (κ2) is 8.89. The Hall–Kier alpha value is -2.86. The molecule has 1 aromatic heterocycles. The van der Waals surface area contributed by atoms with E-state index in [4.69, 9.17) is 0 Å². The lowest BCUT2D eigenvalue weighted by Crippen LogP contribution is -2.26. The quantitative estimate of drug-likeness (QED) is 0.368. The number of nitrogens with zero attached hydrogens (tertiary/aromatic N) is 2. The average Bonchev–Trinajstić information content (AvgIpc) is 2.97. The van der Waals surface area contributed by atoms with Crippen LogP contribution in [-0.2, 0) is 4.79 Å². The maximum atomic E-state index is 13.2. The molecule has 1 heterocycles. The Morgan fingerprint density at radius 1 is 1.14 bits per heavy atom. The maximum Gasteiger partial charge on any atom is 0.253 e. The second-order valence-electron chi connectivity index (χ2n) is 6.45. The van der Waals surface area contributed by atoms with Crippen LogP contribution in [0, 0.1) is 19.7 Å². The van der Waals surface area contributed by atoms with E-state index in [9.17, 15) is 9.18 Å². The van der Waals surface area contributed by atoms with Crippen molar-refractivity contribution in [2.24, 2.45) is 5.10 Å². The molecule has 0 saturated carbocycles. The van der Waals surface area contributed by atoms with E-state index >= 15 is 0 Å². The van der Waals surface area contributed by atoms with Crippen molar-refractivity contribution in [2.75, 3.05) is 0 Å². The van der Waals surface area contributed by atoms with Gasteiger partial charge in [0.15, 0.2) is 0 Å². The summed E-state index contributed by atoms with van der Waals surface area (Å²) >= 11 is 1.49. The Morgan fingerprint density at radius 3 is 2.50 bits per heavy atom. The SMILES string of the molecule is Cc1cc(/C=N\NC(=O)[C@H](C)Sc2ccccc2)c(C)n1-c1ccc(F)cc1. The van der Waals surface area contributed by atoms with Gasteiger partial charge in [-0.2, -0.15) is 5.10 Å². The number of rotatable bonds is 6. The highest BCUT2D eigenvalue weighted by atomic mass is 32.2. The molecule has 2 aromatic carbocycles. The first-order valence-corrected chi connectivity index (χ1v) is 9.83. The minimum absolute atomic E-state index is 0.155. The Morgan fingerprint density at radius 2 is 1.82 bits per heavy atom. The molecular formula is C22H22FN3OS. The highest BCUT2D eigenvalue weighted by Gasteiger charge is 2.14. The molecule has 6 heteroatoms. The van der Waals surface area contributed by atoms with Crippen molar-refractivity contribution in [1.82, 2.24) is 9.99 Å². The molecule has 0 spiro atoms. The summed E-state index contributed by atoms with van der Waals surface area (Å²) in [6.45, 7) is 5.79. The van der Waals surface area contributed by atoms with E-state index in [-0.39, 0.29) is 17.0 Å². The number of aryl methyl sites for hydroxylation is 1. The Labute approximate surface area is 168 Å². The van der Waals surface area contributed by atoms with E-state index in [1.54, 1.807) is 18.3 Å². The molecule has 0 aliphatic rings. The molecule has 1 atom stereocenters. The first-order chi connectivity index (χ1) is 13.5. The van der Waals surface area contributed by atoms with Crippen LogP contribution < -0.4 is 5.43 Å². The summed E-state index contributed by atoms with van der Waals surface area (Å²) in [5.41, 5.74) is 6.35. The lowest BCUT2D eigenvalue weighted by molar-refractivity contribution is -0.120. The van der Waals surface area contributed by atoms with Crippen molar-refractivity contribution < 1.29 is 9.18 Å². The molecule has 0 bridgehead atoms. The molecule has 0 saturated heterocycles. The fourth-order valence-corrected chi connectivity index (χ4v) is 3.80. The van der Waals surface area contributed by atoms with Crippen LogP contribution >= 0.6 is 11.8 Å². The fraction of sp³-hybridized carbons (Fsp3) is 0.182. The van der Waals surface area contributed by atoms with Crippen LogP contribution in [0.2, 0.25) is 0 Å². The lowest BCUT2D eigenvalue weighted by Gasteiger charge is -2.10. The van der Waals surface area contributed by atoms with Crippen LogP contribution in [-0.4, -0.2) is 21.9 Å². The number of hydrazone groups is 1. The van der Waals surface area contributed by atoms with Gasteiger partial charge >= 0.3 is 0 Å². The molecular weight excluding hydrogens is 373 g/mol. The summed E-state index contributed by atoms with van der Waals surface area (Å²) in [7, 11) is 0. The number of hydrogen-bond acceptors (Lipinski definition) is 3. The minimum Gasteiger partial charge on any atom is -0.318 e. The molecule has 1 N–H and O–H groups in total. The largest absolute Gasteiger partial charge is 0.318 e. The Balaban J connectivity index is 1.67. The van der Waals surface area contributed by atoms with E-state index in [2.05, 4.69) is 10.5 Å². The molecule has 4 nitrogen and oxygen atoms in total. The summed E-state index contributed by atoms with van der Waals surface area (Å²) in [6, 6.07) is 18.1. The highest BCUT2D eigenvalue weighted by Crippen LogP contribution is 2.23. The van der Waals surface area contributed by atoms with E-state index < -0.39 is 0 Å². The zero-order chi connectivity index (χ0) is 20.1. The van der Waals surface area contributed by atoms with Gasteiger partial charge in [0, 0.05) is 27.5 Å². The van der Waals surface area contributed by atoms with Crippen LogP contribution in [0.5, 0.6) is 0 Å². The number of amides is 1. The summed E-state index contributed by atoms with van der Waals surface area (Å²) in [5, 5.41) is 3.86. The zero-order valence-corrected chi connectivity index (χ0v) is 16.8. The third-order valence-electron chi connectivity index (χ3n) is 4.36. The number of carbonyl (C=O) groups excluding carboxylic acids is 1. The lowest BCUT2D eigenvalue weighted by atomic mass is 10.2. The first-order valence-electron chi connectivity index (χ1n) is 8.95. The molecule has 28 heavy (non-hydrogen) atoms. The van der Waals surface area contributed by atoms with E-state index in [1.165, 1.54) is 23.9 Å². The summed E-state index contributed by atoms with van der Waals surface area (Å²) in [4.78, 5) is 13.3. The number of nitrogens with one attached hydrogen (secondary N) is 1. The second-order valence-corrected chi connectivity index (χ2v) is 7.86. The number of carbonyl (C=O) groups is 1. The number of aromatic nitrogens is 1. The van der Waals surface area contributed by atoms with Crippen LogP contribution in [0.1, 0.15) is 23.9 Å². The summed E-state index contributed by atoms with van der Waals surface area (Å²) in [6.07, 6.45) is 1.64. The predicted octanol–water partition coefficient (Wildman–Crippen LogP) is 4.86. The first kappa shape index (κ1) is 19.9. The summed E-state index contributed by atoms with van der Waals surface area (Å²) < 4.78 is 15.2. The van der Waals surface area contributed by atoms with Gasteiger partial charge in [-0.15, -0.1) is 11.8 Å². The van der Waals surface area contributed by atoms with Crippen molar-refractivity contribution in [1.29, 1.82) is 0 Å². The topological polar surface area (TPSA) is 46.4 Å². The highest BCUT2D eigenvalue weighted by molar-refractivity contribution is 8.00. The molecule has 3 aromatic rings. The fourth-order valence-electron chi connectivity index (χ4n) is 2.92. The molecule has 1 amide bonds. The molecule has 3 rings (SSSR count). The van der Waals surface area contributed by atoms with Crippen molar-refractivity contribution in [3.63, 3.8) is 0 Å². The standard InChI is InChI=1S/C22H22FN3OS/c1-15-13-18(16(2)26(15)20-11-9-19(23)10-12-20)14-24-25-22(27)17(3)28-21-7-5-4-6-8-21/h4-14,17H,1-3H3,(H,25,27)/b24-14-/t17-/m0/s1. The molecule has 0 radical (unpaired) electrons. The molecule has 0 aliphatic heterocycles. The third-order valence-corrected chi connectivity index (χ3v) is 5.47. The number of thioether (sulfide) groups is 1. The normalized spacial score (nSPS) is 12.3. The monoisotopic (exact) mass is 395 g/mol. The van der Waals surface area contributed by atoms with Gasteiger partial charge in [-0.25, -0.2) is 9.82 Å².